The molecule has 2 unspecified atom stereocenters. The van der Waals surface area contributed by atoms with Crippen LogP contribution in [0.1, 0.15) is 77.6 Å². The minimum Gasteiger partial charge on any atom is -0.469 e. The second kappa shape index (κ2) is 10.2. The molecule has 2 atom stereocenters. The zero-order chi connectivity index (χ0) is 13.9. The largest absolute Gasteiger partial charge is 0.469 e. The Hall–Kier alpha value is -0.570. The van der Waals surface area contributed by atoms with Gasteiger partial charge in [-0.3, -0.25) is 4.79 Å². The van der Waals surface area contributed by atoms with Gasteiger partial charge in [-0.05, 0) is 19.3 Å². The molecule has 1 heterocycles. The lowest BCUT2D eigenvalue weighted by Gasteiger charge is -2.01. The van der Waals surface area contributed by atoms with Crippen molar-refractivity contribution in [2.24, 2.45) is 0 Å². The summed E-state index contributed by atoms with van der Waals surface area (Å²) in [7, 11) is 1.46. The molecule has 1 fully saturated rings. The van der Waals surface area contributed by atoms with Gasteiger partial charge < -0.3 is 9.47 Å². The predicted molar refractivity (Wildman–Crippen MR) is 77.1 cm³/mol. The summed E-state index contributed by atoms with van der Waals surface area (Å²) in [5.41, 5.74) is 0. The highest BCUT2D eigenvalue weighted by atomic mass is 16.6. The van der Waals surface area contributed by atoms with Gasteiger partial charge in [-0.2, -0.15) is 0 Å². The lowest BCUT2D eigenvalue weighted by atomic mass is 10.0. The van der Waals surface area contributed by atoms with Gasteiger partial charge in [0.05, 0.1) is 19.3 Å². The highest BCUT2D eigenvalue weighted by Gasteiger charge is 2.36. The van der Waals surface area contributed by atoms with E-state index in [9.17, 15) is 4.79 Å². The third-order valence-corrected chi connectivity index (χ3v) is 3.86. The molecule has 3 heteroatoms. The van der Waals surface area contributed by atoms with E-state index in [0.717, 1.165) is 12.8 Å². The van der Waals surface area contributed by atoms with Gasteiger partial charge in [-0.1, -0.05) is 51.9 Å². The summed E-state index contributed by atoms with van der Waals surface area (Å²) in [6.45, 7) is 2.22. The van der Waals surface area contributed by atoms with Crippen molar-refractivity contribution in [2.45, 2.75) is 89.8 Å². The van der Waals surface area contributed by atoms with Crippen molar-refractivity contribution >= 4 is 5.97 Å². The second-order valence-electron chi connectivity index (χ2n) is 5.59. The molecule has 0 saturated carbocycles. The molecule has 19 heavy (non-hydrogen) atoms. The summed E-state index contributed by atoms with van der Waals surface area (Å²) in [6, 6.07) is 0. The van der Waals surface area contributed by atoms with Crippen LogP contribution in [0.4, 0.5) is 0 Å². The van der Waals surface area contributed by atoms with E-state index in [1.54, 1.807) is 0 Å². The maximum absolute atomic E-state index is 10.9. The molecule has 112 valence electrons. The summed E-state index contributed by atoms with van der Waals surface area (Å²) in [6.07, 6.45) is 14.1. The van der Waals surface area contributed by atoms with Crippen molar-refractivity contribution in [3.8, 4) is 0 Å². The van der Waals surface area contributed by atoms with E-state index in [4.69, 9.17) is 4.74 Å². The standard InChI is InChI=1S/C16H30O3/c1-3-11-14-15(19-14)12-9-7-5-4-6-8-10-13-16(17)18-2/h14-15H,3-13H2,1-2H3. The number of ether oxygens (including phenoxy) is 2. The molecule has 0 radical (unpaired) electrons. The van der Waals surface area contributed by atoms with Gasteiger partial charge >= 0.3 is 5.97 Å². The van der Waals surface area contributed by atoms with Crippen molar-refractivity contribution in [3.05, 3.63) is 0 Å². The summed E-state index contributed by atoms with van der Waals surface area (Å²) >= 11 is 0. The molecule has 0 aliphatic carbocycles. The molecule has 0 N–H and O–H groups in total. The molecule has 0 aromatic heterocycles. The number of methoxy groups -OCH3 is 1. The van der Waals surface area contributed by atoms with Crippen LogP contribution in [0.25, 0.3) is 0 Å². The first kappa shape index (κ1) is 16.5. The van der Waals surface area contributed by atoms with E-state index in [-0.39, 0.29) is 5.97 Å². The Kier molecular flexibility index (Phi) is 8.89. The number of hydrogen-bond donors (Lipinski definition) is 0. The normalized spacial score (nSPS) is 21.4. The van der Waals surface area contributed by atoms with Crippen molar-refractivity contribution in [1.29, 1.82) is 0 Å². The number of hydrogen-bond acceptors (Lipinski definition) is 3. The zero-order valence-electron chi connectivity index (χ0n) is 12.7. The average Bonchev–Trinajstić information content (AvgIpc) is 3.15. The molecular weight excluding hydrogens is 240 g/mol. The van der Waals surface area contributed by atoms with Gasteiger partial charge in [0.25, 0.3) is 0 Å². The summed E-state index contributed by atoms with van der Waals surface area (Å²) in [5, 5.41) is 0. The number of carbonyl (C=O) groups excluding carboxylic acids is 1. The maximum atomic E-state index is 10.9. The molecule has 1 aliphatic rings. The first-order chi connectivity index (χ1) is 9.27. The van der Waals surface area contributed by atoms with Crippen LogP contribution in [-0.4, -0.2) is 25.3 Å². The van der Waals surface area contributed by atoms with Crippen molar-refractivity contribution in [3.63, 3.8) is 0 Å². The third-order valence-electron chi connectivity index (χ3n) is 3.86. The van der Waals surface area contributed by atoms with Crippen LogP contribution in [0.5, 0.6) is 0 Å². The number of carbonyl (C=O) groups is 1. The van der Waals surface area contributed by atoms with Crippen molar-refractivity contribution in [2.75, 3.05) is 7.11 Å². The van der Waals surface area contributed by atoms with Crippen LogP contribution in [0.3, 0.4) is 0 Å². The fraction of sp³-hybridized carbons (Fsp3) is 0.938. The van der Waals surface area contributed by atoms with Gasteiger partial charge in [0.2, 0.25) is 0 Å². The van der Waals surface area contributed by atoms with Gasteiger partial charge in [-0.25, -0.2) is 0 Å². The smallest absolute Gasteiger partial charge is 0.305 e. The molecule has 0 aromatic carbocycles. The molecule has 0 bridgehead atoms. The van der Waals surface area contributed by atoms with Crippen molar-refractivity contribution in [1.82, 2.24) is 0 Å². The molecule has 0 spiro atoms. The van der Waals surface area contributed by atoms with E-state index in [2.05, 4.69) is 11.7 Å². The first-order valence-corrected chi connectivity index (χ1v) is 8.00. The van der Waals surface area contributed by atoms with E-state index >= 15 is 0 Å². The molecule has 1 rings (SSSR count). The van der Waals surface area contributed by atoms with Crippen LogP contribution >= 0.6 is 0 Å². The predicted octanol–water partition coefficient (Wildman–Crippen LogP) is 4.24. The van der Waals surface area contributed by atoms with Gasteiger partial charge in [0, 0.05) is 6.42 Å². The molecule has 0 amide bonds. The van der Waals surface area contributed by atoms with Gasteiger partial charge in [0.15, 0.2) is 0 Å². The molecule has 3 nitrogen and oxygen atoms in total. The Morgan fingerprint density at radius 2 is 1.53 bits per heavy atom. The third kappa shape index (κ3) is 8.25. The van der Waals surface area contributed by atoms with Crippen LogP contribution < -0.4 is 0 Å². The number of esters is 1. The molecular formula is C16H30O3. The fourth-order valence-electron chi connectivity index (χ4n) is 2.57. The van der Waals surface area contributed by atoms with E-state index in [1.165, 1.54) is 58.5 Å². The second-order valence-corrected chi connectivity index (χ2v) is 5.59. The molecule has 1 saturated heterocycles. The lowest BCUT2D eigenvalue weighted by molar-refractivity contribution is -0.140. The monoisotopic (exact) mass is 270 g/mol. The Balaban J connectivity index is 1.74. The van der Waals surface area contributed by atoms with Crippen molar-refractivity contribution < 1.29 is 14.3 Å². The average molecular weight is 270 g/mol. The SMILES string of the molecule is CCCC1OC1CCCCCCCCCC(=O)OC. The zero-order valence-corrected chi connectivity index (χ0v) is 12.7. The summed E-state index contributed by atoms with van der Waals surface area (Å²) < 4.78 is 10.2. The quantitative estimate of drug-likeness (QED) is 0.302. The Morgan fingerprint density at radius 1 is 0.947 bits per heavy atom. The summed E-state index contributed by atoms with van der Waals surface area (Å²) in [5.74, 6) is -0.0777. The first-order valence-electron chi connectivity index (χ1n) is 8.00. The van der Waals surface area contributed by atoms with Crippen LogP contribution in [-0.2, 0) is 14.3 Å². The summed E-state index contributed by atoms with van der Waals surface area (Å²) in [4.78, 5) is 10.9. The number of unbranched alkanes of at least 4 members (excludes halogenated alkanes) is 6. The van der Waals surface area contributed by atoms with E-state index in [0.29, 0.717) is 18.6 Å². The fourth-order valence-corrected chi connectivity index (χ4v) is 2.57. The number of rotatable bonds is 12. The molecule has 0 aromatic rings. The van der Waals surface area contributed by atoms with Gasteiger partial charge in [-0.15, -0.1) is 0 Å². The lowest BCUT2D eigenvalue weighted by Crippen LogP contribution is -1.99. The number of epoxide rings is 1. The van der Waals surface area contributed by atoms with Crippen LogP contribution in [0, 0.1) is 0 Å². The van der Waals surface area contributed by atoms with Crippen LogP contribution in [0.15, 0.2) is 0 Å². The Labute approximate surface area is 118 Å². The topological polar surface area (TPSA) is 38.8 Å². The molecule has 1 aliphatic heterocycles. The Morgan fingerprint density at radius 3 is 2.16 bits per heavy atom. The minimum atomic E-state index is -0.0777. The highest BCUT2D eigenvalue weighted by molar-refractivity contribution is 5.68. The van der Waals surface area contributed by atoms with E-state index in [1.807, 2.05) is 0 Å². The maximum Gasteiger partial charge on any atom is 0.305 e. The minimum absolute atomic E-state index is 0.0777. The Bertz CT molecular complexity index is 240. The van der Waals surface area contributed by atoms with E-state index < -0.39 is 0 Å². The highest BCUT2D eigenvalue weighted by Crippen LogP contribution is 2.30. The van der Waals surface area contributed by atoms with Gasteiger partial charge in [0.1, 0.15) is 0 Å². The van der Waals surface area contributed by atoms with Crippen LogP contribution in [0.2, 0.25) is 0 Å².